The van der Waals surface area contributed by atoms with E-state index >= 15 is 0 Å². The molecule has 1 heterocycles. The zero-order valence-corrected chi connectivity index (χ0v) is 14.4. The van der Waals surface area contributed by atoms with Crippen molar-refractivity contribution in [2.24, 2.45) is 5.10 Å². The molecule has 0 aliphatic carbocycles. The maximum atomic E-state index is 11.9. The number of amides is 1. The van der Waals surface area contributed by atoms with Crippen molar-refractivity contribution < 1.29 is 9.72 Å². The smallest absolute Gasteiger partial charge is 0.269 e. The van der Waals surface area contributed by atoms with Gasteiger partial charge in [0.25, 0.3) is 5.69 Å². The van der Waals surface area contributed by atoms with Crippen molar-refractivity contribution in [3.63, 3.8) is 0 Å². The van der Waals surface area contributed by atoms with Crippen LogP contribution < -0.4 is 0 Å². The lowest BCUT2D eigenvalue weighted by Crippen LogP contribution is -2.24. The van der Waals surface area contributed by atoms with Crippen LogP contribution in [0.1, 0.15) is 30.5 Å². The van der Waals surface area contributed by atoms with E-state index in [2.05, 4.69) is 21.0 Å². The number of nitro groups is 1. The summed E-state index contributed by atoms with van der Waals surface area (Å²) < 4.78 is 0.972. The molecular formula is C17H14BrN3O3. The highest BCUT2D eigenvalue weighted by molar-refractivity contribution is 9.10. The number of hydrogen-bond donors (Lipinski definition) is 0. The van der Waals surface area contributed by atoms with Gasteiger partial charge in [0.1, 0.15) is 0 Å². The van der Waals surface area contributed by atoms with Gasteiger partial charge in [-0.1, -0.05) is 40.2 Å². The van der Waals surface area contributed by atoms with Crippen LogP contribution in [0.25, 0.3) is 0 Å². The summed E-state index contributed by atoms with van der Waals surface area (Å²) in [5.74, 6) is -0.162. The Labute approximate surface area is 147 Å². The fourth-order valence-electron chi connectivity index (χ4n) is 2.70. The number of benzene rings is 2. The molecule has 1 amide bonds. The number of nitrogens with zero attached hydrogens (tertiary/aromatic N) is 3. The highest BCUT2D eigenvalue weighted by Crippen LogP contribution is 2.33. The minimum Gasteiger partial charge on any atom is -0.273 e. The summed E-state index contributed by atoms with van der Waals surface area (Å²) in [4.78, 5) is 22.3. The van der Waals surface area contributed by atoms with Crippen LogP contribution >= 0.6 is 15.9 Å². The Balaban J connectivity index is 1.90. The van der Waals surface area contributed by atoms with Crippen molar-refractivity contribution in [1.29, 1.82) is 0 Å². The number of rotatable bonds is 3. The molecule has 1 aliphatic rings. The lowest BCUT2D eigenvalue weighted by Gasteiger charge is -2.20. The molecule has 0 radical (unpaired) electrons. The Bertz CT molecular complexity index is 816. The summed E-state index contributed by atoms with van der Waals surface area (Å²) in [6.07, 6.45) is 0.568. The number of nitro benzene ring substituents is 1. The normalized spacial score (nSPS) is 16.8. The highest BCUT2D eigenvalue weighted by Gasteiger charge is 2.31. The van der Waals surface area contributed by atoms with Gasteiger partial charge in [-0.15, -0.1) is 0 Å². The lowest BCUT2D eigenvalue weighted by atomic mass is 9.98. The molecule has 122 valence electrons. The summed E-state index contributed by atoms with van der Waals surface area (Å²) >= 11 is 3.40. The first-order valence-electron chi connectivity index (χ1n) is 7.33. The Morgan fingerprint density at radius 2 is 1.83 bits per heavy atom. The average Bonchev–Trinajstić information content (AvgIpc) is 3.01. The molecule has 2 aromatic rings. The molecule has 0 N–H and O–H groups in total. The molecule has 1 aliphatic heterocycles. The van der Waals surface area contributed by atoms with Crippen LogP contribution in [0.2, 0.25) is 0 Å². The van der Waals surface area contributed by atoms with E-state index in [-0.39, 0.29) is 17.6 Å². The summed E-state index contributed by atoms with van der Waals surface area (Å²) in [5, 5.41) is 16.7. The van der Waals surface area contributed by atoms with Gasteiger partial charge in [-0.2, -0.15) is 5.10 Å². The number of non-ortho nitro benzene ring substituents is 1. The number of carbonyl (C=O) groups excluding carboxylic acids is 1. The molecule has 2 aromatic carbocycles. The van der Waals surface area contributed by atoms with E-state index < -0.39 is 4.92 Å². The molecule has 0 fully saturated rings. The standard InChI is InChI=1S/C17H14BrN3O3/c1-11(22)20-17(13-4-8-15(9-5-13)21(23)24)10-16(19-20)12-2-6-14(18)7-3-12/h2-9,17H,10H2,1H3/t17-/m1/s1. The minimum absolute atomic E-state index is 0.0279. The largest absolute Gasteiger partial charge is 0.273 e. The predicted molar refractivity (Wildman–Crippen MR) is 93.7 cm³/mol. The second-order valence-corrected chi connectivity index (χ2v) is 6.40. The molecule has 0 spiro atoms. The van der Waals surface area contributed by atoms with Gasteiger partial charge in [-0.25, -0.2) is 5.01 Å². The zero-order chi connectivity index (χ0) is 17.3. The van der Waals surface area contributed by atoms with Crippen LogP contribution in [0.15, 0.2) is 58.1 Å². The first-order chi connectivity index (χ1) is 11.5. The molecule has 0 aromatic heterocycles. The van der Waals surface area contributed by atoms with Crippen molar-refractivity contribution >= 4 is 33.2 Å². The van der Waals surface area contributed by atoms with Gasteiger partial charge in [0.2, 0.25) is 5.91 Å². The van der Waals surface area contributed by atoms with Crippen LogP contribution in [0, 0.1) is 10.1 Å². The Morgan fingerprint density at radius 3 is 2.38 bits per heavy atom. The second-order valence-electron chi connectivity index (χ2n) is 5.49. The summed E-state index contributed by atoms with van der Waals surface area (Å²) in [6, 6.07) is 13.7. The van der Waals surface area contributed by atoms with E-state index in [4.69, 9.17) is 0 Å². The molecule has 0 unspecified atom stereocenters. The van der Waals surface area contributed by atoms with Crippen molar-refractivity contribution in [3.8, 4) is 0 Å². The Hall–Kier alpha value is -2.54. The quantitative estimate of drug-likeness (QED) is 0.588. The van der Waals surface area contributed by atoms with Crippen LogP contribution in [-0.4, -0.2) is 21.6 Å². The molecule has 24 heavy (non-hydrogen) atoms. The average molecular weight is 388 g/mol. The molecule has 0 bridgehead atoms. The van der Waals surface area contributed by atoms with Gasteiger partial charge < -0.3 is 0 Å². The van der Waals surface area contributed by atoms with E-state index in [1.165, 1.54) is 24.1 Å². The van der Waals surface area contributed by atoms with Gasteiger partial charge in [0.15, 0.2) is 0 Å². The van der Waals surface area contributed by atoms with E-state index in [9.17, 15) is 14.9 Å². The SMILES string of the molecule is CC(=O)N1N=C(c2ccc(Br)cc2)C[C@@H]1c1ccc([N+](=O)[O-])cc1. The fraction of sp³-hybridized carbons (Fsp3) is 0.176. The molecule has 0 saturated carbocycles. The third-order valence-corrected chi connectivity index (χ3v) is 4.43. The number of hydrogen-bond acceptors (Lipinski definition) is 4. The van der Waals surface area contributed by atoms with Gasteiger partial charge in [0.05, 0.1) is 16.7 Å². The van der Waals surface area contributed by atoms with Crippen molar-refractivity contribution in [2.75, 3.05) is 0 Å². The van der Waals surface area contributed by atoms with Crippen LogP contribution in [-0.2, 0) is 4.79 Å². The highest BCUT2D eigenvalue weighted by atomic mass is 79.9. The summed E-state index contributed by atoms with van der Waals surface area (Å²) in [5.41, 5.74) is 2.63. The molecule has 0 saturated heterocycles. The molecule has 3 rings (SSSR count). The number of carbonyl (C=O) groups is 1. The van der Waals surface area contributed by atoms with E-state index in [0.29, 0.717) is 6.42 Å². The van der Waals surface area contributed by atoms with Gasteiger partial charge in [0, 0.05) is 30.0 Å². The zero-order valence-electron chi connectivity index (χ0n) is 12.8. The van der Waals surface area contributed by atoms with Crippen molar-refractivity contribution in [1.82, 2.24) is 5.01 Å². The maximum absolute atomic E-state index is 11.9. The minimum atomic E-state index is -0.440. The van der Waals surface area contributed by atoms with E-state index in [0.717, 1.165) is 21.3 Å². The first-order valence-corrected chi connectivity index (χ1v) is 8.12. The Morgan fingerprint density at radius 1 is 1.21 bits per heavy atom. The van der Waals surface area contributed by atoms with Crippen LogP contribution in [0.5, 0.6) is 0 Å². The fourth-order valence-corrected chi connectivity index (χ4v) is 2.96. The molecule has 7 heteroatoms. The Kier molecular flexibility index (Phi) is 4.44. The van der Waals surface area contributed by atoms with Crippen molar-refractivity contribution in [3.05, 3.63) is 74.2 Å². The third kappa shape index (κ3) is 3.21. The monoisotopic (exact) mass is 387 g/mol. The second kappa shape index (κ2) is 6.52. The van der Waals surface area contributed by atoms with Gasteiger partial charge >= 0.3 is 0 Å². The van der Waals surface area contributed by atoms with Gasteiger partial charge in [-0.05, 0) is 23.3 Å². The topological polar surface area (TPSA) is 75.8 Å². The third-order valence-electron chi connectivity index (χ3n) is 3.90. The number of hydrazone groups is 1. The van der Waals surface area contributed by atoms with E-state index in [1.54, 1.807) is 12.1 Å². The molecule has 1 atom stereocenters. The van der Waals surface area contributed by atoms with Crippen LogP contribution in [0.3, 0.4) is 0 Å². The molecular weight excluding hydrogens is 374 g/mol. The van der Waals surface area contributed by atoms with Crippen LogP contribution in [0.4, 0.5) is 5.69 Å². The molecule has 6 nitrogen and oxygen atoms in total. The van der Waals surface area contributed by atoms with Crippen molar-refractivity contribution in [2.45, 2.75) is 19.4 Å². The first kappa shape index (κ1) is 16.3. The lowest BCUT2D eigenvalue weighted by molar-refractivity contribution is -0.384. The number of halogens is 1. The summed E-state index contributed by atoms with van der Waals surface area (Å²) in [6.45, 7) is 1.46. The van der Waals surface area contributed by atoms with E-state index in [1.807, 2.05) is 24.3 Å². The maximum Gasteiger partial charge on any atom is 0.269 e. The predicted octanol–water partition coefficient (Wildman–Crippen LogP) is 4.05. The van der Waals surface area contributed by atoms with Gasteiger partial charge in [-0.3, -0.25) is 14.9 Å². The summed E-state index contributed by atoms with van der Waals surface area (Å²) in [7, 11) is 0.